The molecular weight excluding hydrogens is 232 g/mol. The molecule has 1 aliphatic heterocycles. The molecule has 104 valence electrons. The molecule has 5 nitrogen and oxygen atoms in total. The molecule has 1 fully saturated rings. The molecule has 0 aromatic rings. The van der Waals surface area contributed by atoms with Crippen molar-refractivity contribution < 1.29 is 14.7 Å². The summed E-state index contributed by atoms with van der Waals surface area (Å²) in [5.74, 6) is -0.376. The molecule has 18 heavy (non-hydrogen) atoms. The molecule has 1 saturated heterocycles. The number of likely N-dealkylation sites (tertiary alicyclic amines) is 1. The van der Waals surface area contributed by atoms with E-state index in [2.05, 4.69) is 6.92 Å². The lowest BCUT2D eigenvalue weighted by Crippen LogP contribution is -2.47. The maximum atomic E-state index is 12.3. The Morgan fingerprint density at radius 2 is 2.11 bits per heavy atom. The van der Waals surface area contributed by atoms with E-state index in [1.54, 1.807) is 4.90 Å². The van der Waals surface area contributed by atoms with E-state index in [1.165, 1.54) is 4.90 Å². The highest BCUT2D eigenvalue weighted by Crippen LogP contribution is 2.22. The van der Waals surface area contributed by atoms with Gasteiger partial charge in [0.2, 0.25) is 0 Å². The largest absolute Gasteiger partial charge is 0.480 e. The molecule has 2 amide bonds. The van der Waals surface area contributed by atoms with Crippen LogP contribution in [0.5, 0.6) is 0 Å². The minimum atomic E-state index is -0.957. The highest BCUT2D eigenvalue weighted by atomic mass is 16.4. The van der Waals surface area contributed by atoms with Gasteiger partial charge in [-0.25, -0.2) is 4.79 Å². The molecular formula is C13H24N2O3. The van der Waals surface area contributed by atoms with Crippen LogP contribution in [0.4, 0.5) is 4.79 Å². The number of rotatable bonds is 5. The molecule has 0 saturated carbocycles. The number of nitrogens with zero attached hydrogens (tertiary/aromatic N) is 2. The maximum Gasteiger partial charge on any atom is 0.323 e. The number of amides is 2. The zero-order chi connectivity index (χ0) is 13.7. The fourth-order valence-electron chi connectivity index (χ4n) is 2.45. The Balaban J connectivity index is 2.59. The van der Waals surface area contributed by atoms with Crippen LogP contribution in [-0.4, -0.2) is 52.6 Å². The molecule has 0 aromatic carbocycles. The van der Waals surface area contributed by atoms with Crippen molar-refractivity contribution in [1.82, 2.24) is 9.80 Å². The van der Waals surface area contributed by atoms with E-state index < -0.39 is 5.97 Å². The Kier molecular flexibility index (Phi) is 5.44. The van der Waals surface area contributed by atoms with Crippen LogP contribution in [0, 0.1) is 5.92 Å². The van der Waals surface area contributed by atoms with Crippen molar-refractivity contribution in [3.05, 3.63) is 0 Å². The van der Waals surface area contributed by atoms with E-state index in [0.29, 0.717) is 5.92 Å². The first-order valence-corrected chi connectivity index (χ1v) is 6.73. The topological polar surface area (TPSA) is 60.9 Å². The maximum absolute atomic E-state index is 12.3. The monoisotopic (exact) mass is 256 g/mol. The third-order valence-corrected chi connectivity index (χ3v) is 3.43. The van der Waals surface area contributed by atoms with Gasteiger partial charge < -0.3 is 14.9 Å². The minimum absolute atomic E-state index is 0.0844. The summed E-state index contributed by atoms with van der Waals surface area (Å²) in [6.07, 6.45) is 3.32. The number of urea groups is 1. The van der Waals surface area contributed by atoms with Gasteiger partial charge in [0.05, 0.1) is 0 Å². The van der Waals surface area contributed by atoms with Crippen LogP contribution in [-0.2, 0) is 4.79 Å². The molecule has 1 N–H and O–H groups in total. The van der Waals surface area contributed by atoms with Gasteiger partial charge in [-0.15, -0.1) is 0 Å². The second-order valence-electron chi connectivity index (χ2n) is 5.29. The normalized spacial score (nSPS) is 19.3. The summed E-state index contributed by atoms with van der Waals surface area (Å²) in [4.78, 5) is 26.3. The third-order valence-electron chi connectivity index (χ3n) is 3.43. The average molecular weight is 256 g/mol. The highest BCUT2D eigenvalue weighted by molar-refractivity contribution is 5.80. The van der Waals surface area contributed by atoms with Gasteiger partial charge in [-0.1, -0.05) is 13.3 Å². The van der Waals surface area contributed by atoms with E-state index >= 15 is 0 Å². The van der Waals surface area contributed by atoms with Crippen molar-refractivity contribution in [3.8, 4) is 0 Å². The smallest absolute Gasteiger partial charge is 0.323 e. The molecule has 1 unspecified atom stereocenters. The average Bonchev–Trinajstić information content (AvgIpc) is 2.73. The predicted octanol–water partition coefficient (Wildman–Crippen LogP) is 2.02. The minimum Gasteiger partial charge on any atom is -0.480 e. The number of carboxylic acids is 1. The van der Waals surface area contributed by atoms with Crippen LogP contribution in [0.2, 0.25) is 0 Å². The second kappa shape index (κ2) is 6.61. The zero-order valence-electron chi connectivity index (χ0n) is 11.6. The molecule has 5 heteroatoms. The van der Waals surface area contributed by atoms with Crippen molar-refractivity contribution in [2.75, 3.05) is 19.6 Å². The summed E-state index contributed by atoms with van der Waals surface area (Å²) in [5.41, 5.74) is 0. The standard InChI is InChI=1S/C13H24N2O3/c1-4-5-11-6-7-14(8-11)13(18)15(10(2)3)9-12(16)17/h10-11H,4-9H2,1-3H3,(H,16,17). The Morgan fingerprint density at radius 3 is 2.61 bits per heavy atom. The van der Waals surface area contributed by atoms with E-state index in [-0.39, 0.29) is 18.6 Å². The van der Waals surface area contributed by atoms with Crippen LogP contribution < -0.4 is 0 Å². The quantitative estimate of drug-likeness (QED) is 0.818. The second-order valence-corrected chi connectivity index (χ2v) is 5.29. The van der Waals surface area contributed by atoms with Crippen molar-refractivity contribution >= 4 is 12.0 Å². The molecule has 1 heterocycles. The fraction of sp³-hybridized carbons (Fsp3) is 0.846. The first kappa shape index (κ1) is 14.8. The zero-order valence-corrected chi connectivity index (χ0v) is 11.6. The van der Waals surface area contributed by atoms with Crippen LogP contribution in [0.3, 0.4) is 0 Å². The fourth-order valence-corrected chi connectivity index (χ4v) is 2.45. The lowest BCUT2D eigenvalue weighted by molar-refractivity contribution is -0.138. The van der Waals surface area contributed by atoms with Gasteiger partial charge in [0.1, 0.15) is 6.54 Å². The SMILES string of the molecule is CCCC1CCN(C(=O)N(CC(=O)O)C(C)C)C1. The first-order valence-electron chi connectivity index (χ1n) is 6.73. The van der Waals surface area contributed by atoms with E-state index in [9.17, 15) is 9.59 Å². The van der Waals surface area contributed by atoms with Gasteiger partial charge in [-0.3, -0.25) is 4.79 Å². The van der Waals surface area contributed by atoms with Crippen molar-refractivity contribution in [2.24, 2.45) is 5.92 Å². The molecule has 0 bridgehead atoms. The lowest BCUT2D eigenvalue weighted by atomic mass is 10.0. The Morgan fingerprint density at radius 1 is 1.44 bits per heavy atom. The number of carbonyl (C=O) groups excluding carboxylic acids is 1. The van der Waals surface area contributed by atoms with Crippen molar-refractivity contribution in [1.29, 1.82) is 0 Å². The highest BCUT2D eigenvalue weighted by Gasteiger charge is 2.30. The summed E-state index contributed by atoms with van der Waals surface area (Å²) in [6.45, 7) is 7.16. The van der Waals surface area contributed by atoms with Crippen molar-refractivity contribution in [2.45, 2.75) is 46.1 Å². The summed E-state index contributed by atoms with van der Waals surface area (Å²) >= 11 is 0. The molecule has 1 rings (SSSR count). The van der Waals surface area contributed by atoms with Gasteiger partial charge >= 0.3 is 12.0 Å². The Labute approximate surface area is 109 Å². The third kappa shape index (κ3) is 3.89. The summed E-state index contributed by atoms with van der Waals surface area (Å²) in [7, 11) is 0. The van der Waals surface area contributed by atoms with Crippen LogP contribution in [0.25, 0.3) is 0 Å². The van der Waals surface area contributed by atoms with Gasteiger partial charge in [-0.05, 0) is 32.6 Å². The van der Waals surface area contributed by atoms with E-state index in [1.807, 2.05) is 13.8 Å². The Hall–Kier alpha value is -1.26. The molecule has 0 aliphatic carbocycles. The lowest BCUT2D eigenvalue weighted by Gasteiger charge is -2.30. The number of aliphatic carboxylic acids is 1. The van der Waals surface area contributed by atoms with Gasteiger partial charge in [-0.2, -0.15) is 0 Å². The van der Waals surface area contributed by atoms with Crippen LogP contribution in [0.15, 0.2) is 0 Å². The van der Waals surface area contributed by atoms with Crippen molar-refractivity contribution in [3.63, 3.8) is 0 Å². The predicted molar refractivity (Wildman–Crippen MR) is 69.5 cm³/mol. The molecule has 1 aliphatic rings. The molecule has 0 radical (unpaired) electrons. The van der Waals surface area contributed by atoms with Crippen LogP contribution >= 0.6 is 0 Å². The van der Waals surface area contributed by atoms with E-state index in [4.69, 9.17) is 5.11 Å². The summed E-state index contributed by atoms with van der Waals surface area (Å²) in [5, 5.41) is 8.85. The molecule has 0 spiro atoms. The number of hydrogen-bond donors (Lipinski definition) is 1. The number of hydrogen-bond acceptors (Lipinski definition) is 2. The number of carbonyl (C=O) groups is 2. The summed E-state index contributed by atoms with van der Waals surface area (Å²) in [6, 6.07) is -0.218. The van der Waals surface area contributed by atoms with Gasteiger partial charge in [0, 0.05) is 19.1 Å². The summed E-state index contributed by atoms with van der Waals surface area (Å²) < 4.78 is 0. The first-order chi connectivity index (χ1) is 8.45. The number of carboxylic acid groups (broad SMARTS) is 1. The van der Waals surface area contributed by atoms with Gasteiger partial charge in [0.25, 0.3) is 0 Å². The molecule has 1 atom stereocenters. The van der Waals surface area contributed by atoms with E-state index in [0.717, 1.165) is 32.4 Å². The van der Waals surface area contributed by atoms with Gasteiger partial charge in [0.15, 0.2) is 0 Å². The van der Waals surface area contributed by atoms with Crippen LogP contribution in [0.1, 0.15) is 40.0 Å². The Bertz CT molecular complexity index is 305. The molecule has 0 aromatic heterocycles.